The molecule has 0 heterocycles. The molecule has 0 spiro atoms. The van der Waals surface area contributed by atoms with Gasteiger partial charge in [0.25, 0.3) is 5.97 Å². The summed E-state index contributed by atoms with van der Waals surface area (Å²) >= 11 is 0. The summed E-state index contributed by atoms with van der Waals surface area (Å²) in [6, 6.07) is 0. The van der Waals surface area contributed by atoms with E-state index < -0.39 is 0 Å². The van der Waals surface area contributed by atoms with Crippen LogP contribution in [0.5, 0.6) is 0 Å². The van der Waals surface area contributed by atoms with Gasteiger partial charge in [0.05, 0.1) is 0 Å². The molecular formula is C13H28O2Si. The Bertz CT molecular complexity index is 190. The van der Waals surface area contributed by atoms with E-state index in [1.807, 2.05) is 0 Å². The maximum Gasteiger partial charge on any atom is 0.291 e. The standard InChI is InChI=1S/C13H28O2Si/c1-4-5-6-7-10-13(2,3)11-8-9-12(14)15-16/h4-11H2,1-3,16H3. The SMILES string of the molecule is CCCCCCC(C)(C)CCCC(=O)O[SiH3]. The lowest BCUT2D eigenvalue weighted by atomic mass is 9.82. The maximum absolute atomic E-state index is 11.0. The van der Waals surface area contributed by atoms with Gasteiger partial charge in [-0.3, -0.25) is 4.79 Å². The second-order valence-electron chi connectivity index (χ2n) is 5.40. The van der Waals surface area contributed by atoms with Gasteiger partial charge < -0.3 is 4.43 Å². The van der Waals surface area contributed by atoms with E-state index in [9.17, 15) is 4.79 Å². The van der Waals surface area contributed by atoms with Crippen LogP contribution < -0.4 is 0 Å². The minimum absolute atomic E-state index is 0.0200. The Morgan fingerprint density at radius 3 is 2.31 bits per heavy atom. The topological polar surface area (TPSA) is 26.3 Å². The minimum atomic E-state index is -0.0200. The summed E-state index contributed by atoms with van der Waals surface area (Å²) in [7, 11) is 0.532. The molecule has 0 aliphatic rings. The molecule has 16 heavy (non-hydrogen) atoms. The zero-order valence-corrected chi connectivity index (χ0v) is 13.5. The van der Waals surface area contributed by atoms with Crippen molar-refractivity contribution in [2.45, 2.75) is 72.1 Å². The molecule has 0 fully saturated rings. The predicted octanol–water partition coefficient (Wildman–Crippen LogP) is 2.98. The molecule has 3 heteroatoms. The molecule has 0 atom stereocenters. The molecule has 0 rings (SSSR count). The van der Waals surface area contributed by atoms with Gasteiger partial charge in [0.2, 0.25) is 10.5 Å². The first kappa shape index (κ1) is 15.7. The van der Waals surface area contributed by atoms with Crippen LogP contribution in [0.1, 0.15) is 72.1 Å². The highest BCUT2D eigenvalue weighted by molar-refractivity contribution is 6.05. The Kier molecular flexibility index (Phi) is 8.62. The van der Waals surface area contributed by atoms with Crippen LogP contribution in [-0.2, 0) is 9.22 Å². The highest BCUT2D eigenvalue weighted by Gasteiger charge is 2.17. The van der Waals surface area contributed by atoms with Crippen LogP contribution in [0.3, 0.4) is 0 Å². The van der Waals surface area contributed by atoms with Crippen molar-refractivity contribution in [3.63, 3.8) is 0 Å². The molecule has 0 saturated heterocycles. The van der Waals surface area contributed by atoms with E-state index in [2.05, 4.69) is 20.8 Å². The number of hydrogen-bond donors (Lipinski definition) is 0. The Balaban J connectivity index is 3.57. The lowest BCUT2D eigenvalue weighted by Crippen LogP contribution is -2.12. The summed E-state index contributed by atoms with van der Waals surface area (Å²) in [5, 5.41) is 0. The Morgan fingerprint density at radius 1 is 1.12 bits per heavy atom. The van der Waals surface area contributed by atoms with Crippen molar-refractivity contribution in [3.05, 3.63) is 0 Å². The van der Waals surface area contributed by atoms with Gasteiger partial charge in [-0.25, -0.2) is 0 Å². The molecule has 0 bridgehead atoms. The summed E-state index contributed by atoms with van der Waals surface area (Å²) in [6.45, 7) is 6.86. The van der Waals surface area contributed by atoms with E-state index in [1.54, 1.807) is 0 Å². The fraction of sp³-hybridized carbons (Fsp3) is 0.923. The number of carbonyl (C=O) groups excluding carboxylic acids is 1. The average molecular weight is 244 g/mol. The van der Waals surface area contributed by atoms with Crippen LogP contribution in [0.4, 0.5) is 0 Å². The highest BCUT2D eigenvalue weighted by Crippen LogP contribution is 2.29. The zero-order chi connectivity index (χ0) is 12.4. The number of hydrogen-bond acceptors (Lipinski definition) is 2. The molecule has 96 valence electrons. The van der Waals surface area contributed by atoms with Crippen molar-refractivity contribution in [1.29, 1.82) is 0 Å². The summed E-state index contributed by atoms with van der Waals surface area (Å²) in [5.41, 5.74) is 0.388. The normalized spacial score (nSPS) is 11.7. The summed E-state index contributed by atoms with van der Waals surface area (Å²) in [6.07, 6.45) is 9.31. The van der Waals surface area contributed by atoms with E-state index in [0.29, 0.717) is 22.3 Å². The molecular weight excluding hydrogens is 216 g/mol. The molecule has 0 unspecified atom stereocenters. The third-order valence-electron chi connectivity index (χ3n) is 3.17. The molecule has 0 aromatic rings. The number of carbonyl (C=O) groups is 1. The van der Waals surface area contributed by atoms with Gasteiger partial charge in [0.1, 0.15) is 0 Å². The summed E-state index contributed by atoms with van der Waals surface area (Å²) < 4.78 is 4.78. The summed E-state index contributed by atoms with van der Waals surface area (Å²) in [5.74, 6) is -0.0200. The van der Waals surface area contributed by atoms with Crippen molar-refractivity contribution in [2.75, 3.05) is 0 Å². The Labute approximate surface area is 104 Å². The van der Waals surface area contributed by atoms with E-state index in [0.717, 1.165) is 12.8 Å². The van der Waals surface area contributed by atoms with E-state index >= 15 is 0 Å². The largest absolute Gasteiger partial charge is 0.529 e. The van der Waals surface area contributed by atoms with Crippen LogP contribution in [0.15, 0.2) is 0 Å². The fourth-order valence-electron chi connectivity index (χ4n) is 1.97. The Morgan fingerprint density at radius 2 is 1.75 bits per heavy atom. The molecule has 0 saturated carbocycles. The van der Waals surface area contributed by atoms with Crippen molar-refractivity contribution in [1.82, 2.24) is 0 Å². The van der Waals surface area contributed by atoms with E-state index in [4.69, 9.17) is 4.43 Å². The third-order valence-corrected chi connectivity index (χ3v) is 3.62. The van der Waals surface area contributed by atoms with Crippen LogP contribution in [0.2, 0.25) is 0 Å². The first-order valence-electron chi connectivity index (χ1n) is 6.58. The molecule has 0 N–H and O–H groups in total. The second kappa shape index (κ2) is 8.80. The van der Waals surface area contributed by atoms with Crippen molar-refractivity contribution < 1.29 is 9.22 Å². The summed E-state index contributed by atoms with van der Waals surface area (Å²) in [4.78, 5) is 11.0. The fourth-order valence-corrected chi connectivity index (χ4v) is 2.17. The van der Waals surface area contributed by atoms with E-state index in [-0.39, 0.29) is 5.97 Å². The maximum atomic E-state index is 11.0. The van der Waals surface area contributed by atoms with Crippen LogP contribution in [-0.4, -0.2) is 16.5 Å². The predicted molar refractivity (Wildman–Crippen MR) is 72.4 cm³/mol. The van der Waals surface area contributed by atoms with Gasteiger partial charge in [-0.1, -0.05) is 46.5 Å². The van der Waals surface area contributed by atoms with Crippen LogP contribution in [0.25, 0.3) is 0 Å². The van der Waals surface area contributed by atoms with E-state index in [1.165, 1.54) is 32.1 Å². The van der Waals surface area contributed by atoms with Gasteiger partial charge in [-0.15, -0.1) is 0 Å². The average Bonchev–Trinajstić information content (AvgIpc) is 2.24. The molecule has 0 aliphatic heterocycles. The second-order valence-corrected chi connectivity index (χ2v) is 5.81. The minimum Gasteiger partial charge on any atom is -0.529 e. The molecule has 0 aromatic heterocycles. The van der Waals surface area contributed by atoms with Gasteiger partial charge in [-0.2, -0.15) is 0 Å². The molecule has 2 nitrogen and oxygen atoms in total. The first-order valence-corrected chi connectivity index (χ1v) is 7.40. The van der Waals surface area contributed by atoms with Gasteiger partial charge in [-0.05, 0) is 24.7 Å². The lowest BCUT2D eigenvalue weighted by molar-refractivity contribution is -0.134. The number of unbranched alkanes of at least 4 members (excludes halogenated alkanes) is 3. The van der Waals surface area contributed by atoms with Crippen molar-refractivity contribution in [2.24, 2.45) is 5.41 Å². The first-order chi connectivity index (χ1) is 7.52. The monoisotopic (exact) mass is 244 g/mol. The molecule has 0 amide bonds. The van der Waals surface area contributed by atoms with Crippen molar-refractivity contribution in [3.8, 4) is 0 Å². The van der Waals surface area contributed by atoms with Gasteiger partial charge in [0, 0.05) is 6.42 Å². The van der Waals surface area contributed by atoms with Gasteiger partial charge >= 0.3 is 0 Å². The zero-order valence-electron chi connectivity index (χ0n) is 11.5. The quantitative estimate of drug-likeness (QED) is 0.460. The lowest BCUT2D eigenvalue weighted by Gasteiger charge is -2.24. The molecule has 0 radical (unpaired) electrons. The smallest absolute Gasteiger partial charge is 0.291 e. The van der Waals surface area contributed by atoms with Crippen LogP contribution >= 0.6 is 0 Å². The van der Waals surface area contributed by atoms with Gasteiger partial charge in [0.15, 0.2) is 0 Å². The molecule has 0 aliphatic carbocycles. The van der Waals surface area contributed by atoms with Crippen molar-refractivity contribution >= 4 is 16.5 Å². The Hall–Kier alpha value is -0.313. The molecule has 0 aromatic carbocycles. The third kappa shape index (κ3) is 8.95. The highest BCUT2D eigenvalue weighted by atomic mass is 28.2. The number of rotatable bonds is 9. The van der Waals surface area contributed by atoms with Crippen LogP contribution in [0, 0.1) is 5.41 Å².